The third-order valence-corrected chi connectivity index (χ3v) is 4.62. The van der Waals surface area contributed by atoms with Gasteiger partial charge in [-0.25, -0.2) is 0 Å². The number of hydrogen-bond acceptors (Lipinski definition) is 3. The summed E-state index contributed by atoms with van der Waals surface area (Å²) in [6.45, 7) is 1.70. The van der Waals surface area contributed by atoms with Gasteiger partial charge in [-0.1, -0.05) is 48.0 Å². The zero-order valence-corrected chi connectivity index (χ0v) is 15.9. The van der Waals surface area contributed by atoms with E-state index in [0.717, 1.165) is 22.0 Å². The first kappa shape index (κ1) is 18.1. The number of benzene rings is 3. The summed E-state index contributed by atoms with van der Waals surface area (Å²) in [6.07, 6.45) is -0.653. The first-order valence-electron chi connectivity index (χ1n) is 8.87. The summed E-state index contributed by atoms with van der Waals surface area (Å²) in [5.41, 5.74) is 2.85. The largest absolute Gasteiger partial charge is 0.481 e. The van der Waals surface area contributed by atoms with Crippen LogP contribution in [0.2, 0.25) is 5.02 Å². The summed E-state index contributed by atoms with van der Waals surface area (Å²) in [5, 5.41) is 11.5. The van der Waals surface area contributed by atoms with Crippen molar-refractivity contribution in [3.63, 3.8) is 0 Å². The Morgan fingerprint density at radius 3 is 2.61 bits per heavy atom. The molecule has 0 saturated carbocycles. The number of fused-ring (bicyclic) bond motifs is 1. The van der Waals surface area contributed by atoms with Gasteiger partial charge in [0, 0.05) is 10.4 Å². The highest BCUT2D eigenvalue weighted by Gasteiger charge is 2.17. The zero-order valence-electron chi connectivity index (χ0n) is 15.1. The first-order chi connectivity index (χ1) is 13.6. The molecule has 0 bridgehead atoms. The van der Waals surface area contributed by atoms with Crippen molar-refractivity contribution in [2.75, 3.05) is 5.32 Å². The van der Waals surface area contributed by atoms with Crippen LogP contribution in [0.1, 0.15) is 6.92 Å². The normalized spacial score (nSPS) is 11.9. The van der Waals surface area contributed by atoms with E-state index in [-0.39, 0.29) is 5.91 Å². The van der Waals surface area contributed by atoms with Crippen molar-refractivity contribution in [2.45, 2.75) is 13.0 Å². The lowest BCUT2D eigenvalue weighted by Gasteiger charge is -2.13. The fourth-order valence-electron chi connectivity index (χ4n) is 2.94. The number of ether oxygens (including phenoxy) is 1. The third-order valence-electron chi connectivity index (χ3n) is 4.39. The molecule has 0 aliphatic heterocycles. The van der Waals surface area contributed by atoms with Gasteiger partial charge in [0.15, 0.2) is 11.9 Å². The van der Waals surface area contributed by atoms with E-state index >= 15 is 0 Å². The van der Waals surface area contributed by atoms with Gasteiger partial charge in [-0.3, -0.25) is 9.89 Å². The van der Waals surface area contributed by atoms with E-state index in [4.69, 9.17) is 16.3 Å². The topological polar surface area (TPSA) is 67.0 Å². The molecule has 1 unspecified atom stereocenters. The highest BCUT2D eigenvalue weighted by Crippen LogP contribution is 2.28. The van der Waals surface area contributed by atoms with Crippen molar-refractivity contribution in [1.29, 1.82) is 0 Å². The van der Waals surface area contributed by atoms with Crippen LogP contribution < -0.4 is 10.1 Å². The summed E-state index contributed by atoms with van der Waals surface area (Å²) in [4.78, 5) is 12.5. The SMILES string of the molecule is CC(Oc1ccccc1)C(=O)Nc1n[nH]c2cc(-c3cccc(Cl)c3)ccc12. The van der Waals surface area contributed by atoms with E-state index < -0.39 is 6.10 Å². The monoisotopic (exact) mass is 391 g/mol. The maximum atomic E-state index is 12.5. The molecule has 0 spiro atoms. The number of para-hydroxylation sites is 1. The fraction of sp³-hybridized carbons (Fsp3) is 0.0909. The fourth-order valence-corrected chi connectivity index (χ4v) is 3.13. The molecular formula is C22H18ClN3O2. The van der Waals surface area contributed by atoms with Crippen LogP contribution in [0.3, 0.4) is 0 Å². The van der Waals surface area contributed by atoms with Crippen molar-refractivity contribution in [3.8, 4) is 16.9 Å². The average Bonchev–Trinajstić information content (AvgIpc) is 3.10. The summed E-state index contributed by atoms with van der Waals surface area (Å²) in [6, 6.07) is 22.8. The molecule has 3 aromatic carbocycles. The lowest BCUT2D eigenvalue weighted by molar-refractivity contribution is -0.122. The standard InChI is InChI=1S/C22H18ClN3O2/c1-14(28-18-8-3-2-4-9-18)22(27)24-21-19-11-10-16(13-20(19)25-26-21)15-6-5-7-17(23)12-15/h2-14H,1H3,(H2,24,25,26,27). The Labute approximate surface area is 167 Å². The quantitative estimate of drug-likeness (QED) is 0.485. The van der Waals surface area contributed by atoms with E-state index in [0.29, 0.717) is 16.6 Å². The van der Waals surface area contributed by atoms with Crippen LogP contribution in [0.25, 0.3) is 22.0 Å². The lowest BCUT2D eigenvalue weighted by Crippen LogP contribution is -2.30. The number of H-pyrrole nitrogens is 1. The lowest BCUT2D eigenvalue weighted by atomic mass is 10.0. The van der Waals surface area contributed by atoms with Crippen LogP contribution in [0.15, 0.2) is 72.8 Å². The number of nitrogens with one attached hydrogen (secondary N) is 2. The van der Waals surface area contributed by atoms with E-state index in [1.807, 2.05) is 72.8 Å². The van der Waals surface area contributed by atoms with E-state index in [1.54, 1.807) is 6.92 Å². The van der Waals surface area contributed by atoms with Crippen molar-refractivity contribution in [2.24, 2.45) is 0 Å². The van der Waals surface area contributed by atoms with Crippen molar-refractivity contribution in [3.05, 3.63) is 77.8 Å². The molecule has 140 valence electrons. The van der Waals surface area contributed by atoms with Crippen LogP contribution in [0, 0.1) is 0 Å². The number of carbonyl (C=O) groups is 1. The molecule has 1 atom stereocenters. The second kappa shape index (κ2) is 7.74. The Balaban J connectivity index is 1.52. The van der Waals surface area contributed by atoms with Gasteiger partial charge in [-0.05, 0) is 54.4 Å². The van der Waals surface area contributed by atoms with Gasteiger partial charge in [-0.15, -0.1) is 0 Å². The number of anilines is 1. The van der Waals surface area contributed by atoms with Crippen molar-refractivity contribution < 1.29 is 9.53 Å². The number of hydrogen-bond donors (Lipinski definition) is 2. The number of rotatable bonds is 5. The molecule has 5 nitrogen and oxygen atoms in total. The molecule has 0 aliphatic rings. The predicted octanol–water partition coefficient (Wildman–Crippen LogP) is 5.29. The second-order valence-electron chi connectivity index (χ2n) is 6.41. The van der Waals surface area contributed by atoms with Crippen LogP contribution >= 0.6 is 11.6 Å². The molecule has 4 rings (SSSR count). The molecule has 1 amide bonds. The van der Waals surface area contributed by atoms with E-state index in [1.165, 1.54) is 0 Å². The number of amides is 1. The smallest absolute Gasteiger partial charge is 0.266 e. The molecule has 1 aromatic heterocycles. The first-order valence-corrected chi connectivity index (χ1v) is 9.24. The molecule has 6 heteroatoms. The van der Waals surface area contributed by atoms with Crippen LogP contribution in [0.4, 0.5) is 5.82 Å². The minimum absolute atomic E-state index is 0.267. The Bertz CT molecular complexity index is 1130. The average molecular weight is 392 g/mol. The number of aromatic amines is 1. The molecule has 4 aromatic rings. The molecule has 2 N–H and O–H groups in total. The van der Waals surface area contributed by atoms with E-state index in [9.17, 15) is 4.79 Å². The summed E-state index contributed by atoms with van der Waals surface area (Å²) in [7, 11) is 0. The van der Waals surface area contributed by atoms with E-state index in [2.05, 4.69) is 15.5 Å². The van der Waals surface area contributed by atoms with Crippen molar-refractivity contribution >= 4 is 34.2 Å². The van der Waals surface area contributed by atoms with Gasteiger partial charge < -0.3 is 10.1 Å². The number of nitrogens with zero attached hydrogens (tertiary/aromatic N) is 1. The molecule has 0 fully saturated rings. The van der Waals surface area contributed by atoms with Gasteiger partial charge >= 0.3 is 0 Å². The maximum absolute atomic E-state index is 12.5. The minimum Gasteiger partial charge on any atom is -0.481 e. The van der Waals surface area contributed by atoms with Gasteiger partial charge in [0.1, 0.15) is 5.75 Å². The van der Waals surface area contributed by atoms with Gasteiger partial charge in [-0.2, -0.15) is 5.10 Å². The zero-order chi connectivity index (χ0) is 19.5. The minimum atomic E-state index is -0.653. The summed E-state index contributed by atoms with van der Waals surface area (Å²) >= 11 is 6.08. The number of carbonyl (C=O) groups excluding carboxylic acids is 1. The third kappa shape index (κ3) is 3.85. The Kier molecular flexibility index (Phi) is 5.00. The predicted molar refractivity (Wildman–Crippen MR) is 112 cm³/mol. The maximum Gasteiger partial charge on any atom is 0.266 e. The number of aromatic nitrogens is 2. The van der Waals surface area contributed by atoms with Crippen LogP contribution in [-0.4, -0.2) is 22.2 Å². The van der Waals surface area contributed by atoms with Gasteiger partial charge in [0.2, 0.25) is 0 Å². The molecular weight excluding hydrogens is 374 g/mol. The van der Waals surface area contributed by atoms with Gasteiger partial charge in [0.25, 0.3) is 5.91 Å². The second-order valence-corrected chi connectivity index (χ2v) is 6.84. The van der Waals surface area contributed by atoms with Crippen LogP contribution in [0.5, 0.6) is 5.75 Å². The number of halogens is 1. The Hall–Kier alpha value is -3.31. The van der Waals surface area contributed by atoms with Gasteiger partial charge in [0.05, 0.1) is 5.52 Å². The van der Waals surface area contributed by atoms with Crippen molar-refractivity contribution in [1.82, 2.24) is 10.2 Å². The highest BCUT2D eigenvalue weighted by atomic mass is 35.5. The Morgan fingerprint density at radius 1 is 1.04 bits per heavy atom. The highest BCUT2D eigenvalue weighted by molar-refractivity contribution is 6.30. The van der Waals surface area contributed by atoms with Crippen LogP contribution in [-0.2, 0) is 4.79 Å². The summed E-state index contributed by atoms with van der Waals surface area (Å²) < 4.78 is 5.66. The molecule has 0 saturated heterocycles. The molecule has 1 heterocycles. The molecule has 0 aliphatic carbocycles. The Morgan fingerprint density at radius 2 is 1.82 bits per heavy atom. The summed E-state index contributed by atoms with van der Waals surface area (Å²) in [5.74, 6) is 0.848. The molecule has 0 radical (unpaired) electrons. The molecule has 28 heavy (non-hydrogen) atoms.